The molecule has 4 heterocycles. The number of pyridine rings is 1. The van der Waals surface area contributed by atoms with Crippen LogP contribution in [0.2, 0.25) is 0 Å². The lowest BCUT2D eigenvalue weighted by Crippen LogP contribution is -2.45. The molecule has 0 saturated carbocycles. The molecule has 1 N–H and O–H groups in total. The van der Waals surface area contributed by atoms with Crippen LogP contribution in [0.15, 0.2) is 61.1 Å². The molecule has 8 nitrogen and oxygen atoms in total. The Balaban J connectivity index is 1.22. The van der Waals surface area contributed by atoms with Gasteiger partial charge in [-0.25, -0.2) is 19.3 Å². The number of nitrogens with one attached hydrogen (secondary N) is 1. The molecule has 1 aliphatic heterocycles. The number of imidazole rings is 1. The van der Waals surface area contributed by atoms with Crippen LogP contribution in [-0.2, 0) is 11.2 Å². The number of rotatable bonds is 7. The number of hydrogen-bond acceptors (Lipinski definition) is 6. The number of ether oxygens (including phenoxy) is 1. The standard InChI is InChI=1S/C26H27FN6O2/c1-35-21-8-4-18(5-9-21)6-11-25(34)32-14-2-3-20(17-32)30-23-12-13-28-26(31-23)22-15-29-24-10-7-19(27)16-33(22)24/h4-5,7-10,12-13,15-16,20H,2-3,6,11,14,17H2,1H3,(H,28,30,31). The third-order valence-corrected chi connectivity index (χ3v) is 6.27. The second-order valence-electron chi connectivity index (χ2n) is 8.66. The fourth-order valence-electron chi connectivity index (χ4n) is 4.41. The van der Waals surface area contributed by atoms with Crippen molar-refractivity contribution in [2.45, 2.75) is 31.7 Å². The molecule has 1 aromatic carbocycles. The van der Waals surface area contributed by atoms with E-state index in [0.717, 1.165) is 30.7 Å². The molecule has 1 saturated heterocycles. The second-order valence-corrected chi connectivity index (χ2v) is 8.66. The van der Waals surface area contributed by atoms with Crippen molar-refractivity contribution < 1.29 is 13.9 Å². The number of anilines is 1. The molecule has 1 fully saturated rings. The highest BCUT2D eigenvalue weighted by molar-refractivity contribution is 5.76. The van der Waals surface area contributed by atoms with Gasteiger partial charge >= 0.3 is 0 Å². The first-order valence-corrected chi connectivity index (χ1v) is 11.7. The van der Waals surface area contributed by atoms with Crippen molar-refractivity contribution >= 4 is 17.4 Å². The molecule has 9 heteroatoms. The van der Waals surface area contributed by atoms with Gasteiger partial charge in [-0.2, -0.15) is 0 Å². The number of hydrogen-bond donors (Lipinski definition) is 1. The molecule has 4 aromatic rings. The molecule has 1 atom stereocenters. The minimum Gasteiger partial charge on any atom is -0.497 e. The Labute approximate surface area is 202 Å². The van der Waals surface area contributed by atoms with Gasteiger partial charge in [0, 0.05) is 37.9 Å². The van der Waals surface area contributed by atoms with E-state index in [0.29, 0.717) is 42.4 Å². The summed E-state index contributed by atoms with van der Waals surface area (Å²) in [4.78, 5) is 28.1. The first-order valence-electron chi connectivity index (χ1n) is 11.7. The summed E-state index contributed by atoms with van der Waals surface area (Å²) in [6.45, 7) is 1.39. The highest BCUT2D eigenvalue weighted by Crippen LogP contribution is 2.21. The molecule has 1 aliphatic rings. The number of carbonyl (C=O) groups excluding carboxylic acids is 1. The summed E-state index contributed by atoms with van der Waals surface area (Å²) in [7, 11) is 1.64. The van der Waals surface area contributed by atoms with Crippen molar-refractivity contribution in [1.82, 2.24) is 24.3 Å². The van der Waals surface area contributed by atoms with Crippen LogP contribution in [0.4, 0.5) is 10.2 Å². The van der Waals surface area contributed by atoms with Crippen LogP contribution in [0.25, 0.3) is 17.2 Å². The number of fused-ring (bicyclic) bond motifs is 1. The maximum atomic E-state index is 13.7. The zero-order valence-corrected chi connectivity index (χ0v) is 19.5. The third-order valence-electron chi connectivity index (χ3n) is 6.27. The van der Waals surface area contributed by atoms with Crippen LogP contribution >= 0.6 is 0 Å². The summed E-state index contributed by atoms with van der Waals surface area (Å²) >= 11 is 0. The number of carbonyl (C=O) groups is 1. The fraction of sp³-hybridized carbons (Fsp3) is 0.308. The van der Waals surface area contributed by atoms with Gasteiger partial charge < -0.3 is 15.0 Å². The predicted octanol–water partition coefficient (Wildman–Crippen LogP) is 3.97. The van der Waals surface area contributed by atoms with E-state index >= 15 is 0 Å². The van der Waals surface area contributed by atoms with Crippen LogP contribution in [0.5, 0.6) is 5.75 Å². The van der Waals surface area contributed by atoms with E-state index < -0.39 is 0 Å². The van der Waals surface area contributed by atoms with Crippen LogP contribution < -0.4 is 10.1 Å². The summed E-state index contributed by atoms with van der Waals surface area (Å²) in [6.07, 6.45) is 7.73. The van der Waals surface area contributed by atoms with Gasteiger partial charge in [0.05, 0.1) is 13.3 Å². The monoisotopic (exact) mass is 474 g/mol. The summed E-state index contributed by atoms with van der Waals surface area (Å²) in [5.41, 5.74) is 2.35. The predicted molar refractivity (Wildman–Crippen MR) is 131 cm³/mol. The largest absolute Gasteiger partial charge is 0.497 e. The number of aryl methyl sites for hydroxylation is 1. The van der Waals surface area contributed by atoms with Crippen molar-refractivity contribution in [3.8, 4) is 17.3 Å². The number of nitrogens with zero attached hydrogens (tertiary/aromatic N) is 5. The average molecular weight is 475 g/mol. The van der Waals surface area contributed by atoms with Crippen molar-refractivity contribution in [3.63, 3.8) is 0 Å². The number of halogens is 1. The highest BCUT2D eigenvalue weighted by Gasteiger charge is 2.24. The first kappa shape index (κ1) is 22.8. The molecule has 1 amide bonds. The van der Waals surface area contributed by atoms with Gasteiger partial charge in [-0.3, -0.25) is 9.20 Å². The second kappa shape index (κ2) is 10.1. The number of piperidine rings is 1. The van der Waals surface area contributed by atoms with Gasteiger partial charge in [0.15, 0.2) is 5.82 Å². The summed E-state index contributed by atoms with van der Waals surface area (Å²) in [5.74, 6) is 1.73. The minimum absolute atomic E-state index is 0.0936. The van der Waals surface area contributed by atoms with Gasteiger partial charge in [-0.05, 0) is 55.2 Å². The van der Waals surface area contributed by atoms with E-state index in [4.69, 9.17) is 4.74 Å². The van der Waals surface area contributed by atoms with Gasteiger partial charge in [0.1, 0.15) is 28.7 Å². The molecule has 5 rings (SSSR count). The lowest BCUT2D eigenvalue weighted by Gasteiger charge is -2.33. The maximum absolute atomic E-state index is 13.7. The van der Waals surface area contributed by atoms with E-state index in [2.05, 4.69) is 20.3 Å². The van der Waals surface area contributed by atoms with Gasteiger partial charge in [-0.1, -0.05) is 12.1 Å². The van der Waals surface area contributed by atoms with E-state index in [1.165, 1.54) is 12.3 Å². The summed E-state index contributed by atoms with van der Waals surface area (Å²) < 4.78 is 20.6. The van der Waals surface area contributed by atoms with Gasteiger partial charge in [0.2, 0.25) is 5.91 Å². The fourth-order valence-corrected chi connectivity index (χ4v) is 4.41. The highest BCUT2D eigenvalue weighted by atomic mass is 19.1. The van der Waals surface area contributed by atoms with E-state index in [-0.39, 0.29) is 17.8 Å². The Morgan fingerprint density at radius 3 is 2.86 bits per heavy atom. The number of likely N-dealkylation sites (tertiary alicyclic amines) is 1. The van der Waals surface area contributed by atoms with Crippen LogP contribution in [0, 0.1) is 5.82 Å². The molecule has 3 aromatic heterocycles. The number of amides is 1. The van der Waals surface area contributed by atoms with Crippen molar-refractivity contribution in [1.29, 1.82) is 0 Å². The van der Waals surface area contributed by atoms with Gasteiger partial charge in [0.25, 0.3) is 0 Å². The Kier molecular flexibility index (Phi) is 6.56. The van der Waals surface area contributed by atoms with Crippen molar-refractivity contribution in [2.75, 3.05) is 25.5 Å². The van der Waals surface area contributed by atoms with Crippen LogP contribution in [-0.4, -0.2) is 56.4 Å². The van der Waals surface area contributed by atoms with Crippen molar-refractivity contribution in [3.05, 3.63) is 72.4 Å². The van der Waals surface area contributed by atoms with Crippen LogP contribution in [0.3, 0.4) is 0 Å². The topological polar surface area (TPSA) is 84.6 Å². The lowest BCUT2D eigenvalue weighted by molar-refractivity contribution is -0.132. The first-order chi connectivity index (χ1) is 17.1. The molecule has 1 unspecified atom stereocenters. The van der Waals surface area contributed by atoms with Gasteiger partial charge in [-0.15, -0.1) is 0 Å². The quantitative estimate of drug-likeness (QED) is 0.436. The van der Waals surface area contributed by atoms with Crippen molar-refractivity contribution in [2.24, 2.45) is 0 Å². The average Bonchev–Trinajstić information content (AvgIpc) is 3.31. The third kappa shape index (κ3) is 5.24. The molecule has 0 radical (unpaired) electrons. The van der Waals surface area contributed by atoms with E-state index in [1.807, 2.05) is 29.2 Å². The lowest BCUT2D eigenvalue weighted by atomic mass is 10.0. The van der Waals surface area contributed by atoms with E-state index in [1.54, 1.807) is 36.0 Å². The number of aromatic nitrogens is 4. The SMILES string of the molecule is COc1ccc(CCC(=O)N2CCCC(Nc3ccnc(-c4cnc5ccc(F)cn45)n3)C2)cc1. The Morgan fingerprint density at radius 2 is 2.03 bits per heavy atom. The molecule has 35 heavy (non-hydrogen) atoms. The zero-order chi connectivity index (χ0) is 24.2. The molecular weight excluding hydrogens is 447 g/mol. The normalized spacial score (nSPS) is 15.8. The Hall–Kier alpha value is -4.01. The molecule has 0 aliphatic carbocycles. The zero-order valence-electron chi connectivity index (χ0n) is 19.5. The molecule has 180 valence electrons. The Morgan fingerprint density at radius 1 is 1.17 bits per heavy atom. The molecule has 0 bridgehead atoms. The summed E-state index contributed by atoms with van der Waals surface area (Å²) in [5, 5.41) is 3.45. The maximum Gasteiger partial charge on any atom is 0.222 e. The molecular formula is C26H27FN6O2. The minimum atomic E-state index is -0.356. The number of benzene rings is 1. The Bertz CT molecular complexity index is 1320. The molecule has 0 spiro atoms. The number of methoxy groups -OCH3 is 1. The summed E-state index contributed by atoms with van der Waals surface area (Å²) in [6, 6.07) is 12.7. The van der Waals surface area contributed by atoms with Crippen LogP contribution in [0.1, 0.15) is 24.8 Å². The smallest absolute Gasteiger partial charge is 0.222 e. The van der Waals surface area contributed by atoms with E-state index in [9.17, 15) is 9.18 Å².